The van der Waals surface area contributed by atoms with Crippen LogP contribution >= 0.6 is 15.9 Å². The highest BCUT2D eigenvalue weighted by atomic mass is 79.9. The highest BCUT2D eigenvalue weighted by molar-refractivity contribution is 9.10. The maximum absolute atomic E-state index is 13.0. The Morgan fingerprint density at radius 3 is 3.00 bits per heavy atom. The molecule has 2 aromatic rings. The van der Waals surface area contributed by atoms with Crippen LogP contribution in [0.1, 0.15) is 18.7 Å². The molecule has 0 radical (unpaired) electrons. The smallest absolute Gasteiger partial charge is 0.170 e. The Morgan fingerprint density at radius 1 is 1.44 bits per heavy atom. The first kappa shape index (κ1) is 11.7. The van der Waals surface area contributed by atoms with Gasteiger partial charge in [-0.1, -0.05) is 0 Å². The van der Waals surface area contributed by atoms with Crippen LogP contribution in [0, 0.1) is 5.82 Å². The van der Waals surface area contributed by atoms with E-state index in [1.807, 2.05) is 0 Å². The summed E-state index contributed by atoms with van der Waals surface area (Å²) in [5.74, 6) is 0.422. The van der Waals surface area contributed by atoms with Crippen LogP contribution in [0.3, 0.4) is 0 Å². The lowest BCUT2D eigenvalue weighted by molar-refractivity contribution is 0.621. The van der Waals surface area contributed by atoms with Gasteiger partial charge in [-0.3, -0.25) is 0 Å². The zero-order chi connectivity index (χ0) is 12.5. The van der Waals surface area contributed by atoms with Gasteiger partial charge in [0.25, 0.3) is 0 Å². The summed E-state index contributed by atoms with van der Waals surface area (Å²) < 4.78 is 15.3. The van der Waals surface area contributed by atoms with Gasteiger partial charge in [0.2, 0.25) is 0 Å². The number of rotatable bonds is 4. The molecule has 0 amide bonds. The highest BCUT2D eigenvalue weighted by Gasteiger charge is 2.21. The van der Waals surface area contributed by atoms with Gasteiger partial charge in [0.15, 0.2) is 5.82 Å². The SMILES string of the molecule is Fc1ccc(-n2nnnc2CNC2CC2)c(Br)c1. The lowest BCUT2D eigenvalue weighted by Crippen LogP contribution is -2.19. The first-order chi connectivity index (χ1) is 8.74. The summed E-state index contributed by atoms with van der Waals surface area (Å²) >= 11 is 3.32. The first-order valence-corrected chi connectivity index (χ1v) is 6.49. The van der Waals surface area contributed by atoms with Crippen LogP contribution in [0.2, 0.25) is 0 Å². The molecule has 18 heavy (non-hydrogen) atoms. The van der Waals surface area contributed by atoms with Crippen LogP contribution in [0.5, 0.6) is 0 Å². The zero-order valence-electron chi connectivity index (χ0n) is 9.48. The molecule has 7 heteroatoms. The van der Waals surface area contributed by atoms with Gasteiger partial charge in [-0.15, -0.1) is 5.10 Å². The molecule has 94 valence electrons. The molecular weight excluding hydrogens is 301 g/mol. The van der Waals surface area contributed by atoms with Crippen molar-refractivity contribution in [2.45, 2.75) is 25.4 Å². The molecule has 1 fully saturated rings. The van der Waals surface area contributed by atoms with Crippen LogP contribution in [0.4, 0.5) is 4.39 Å². The maximum atomic E-state index is 13.0. The molecule has 0 unspecified atom stereocenters. The molecule has 0 aliphatic heterocycles. The molecule has 0 spiro atoms. The Bertz CT molecular complexity index is 566. The van der Waals surface area contributed by atoms with Crippen molar-refractivity contribution < 1.29 is 4.39 Å². The summed E-state index contributed by atoms with van der Waals surface area (Å²) in [4.78, 5) is 0. The normalized spacial score (nSPS) is 15.0. The number of halogens is 2. The molecule has 1 N–H and O–H groups in total. The Balaban J connectivity index is 1.88. The van der Waals surface area contributed by atoms with Crippen LogP contribution in [0.15, 0.2) is 22.7 Å². The molecule has 1 aliphatic carbocycles. The average Bonchev–Trinajstić information content (AvgIpc) is 3.06. The van der Waals surface area contributed by atoms with Gasteiger partial charge in [-0.05, 0) is 57.4 Å². The quantitative estimate of drug-likeness (QED) is 0.935. The summed E-state index contributed by atoms with van der Waals surface area (Å²) in [5.41, 5.74) is 0.731. The first-order valence-electron chi connectivity index (χ1n) is 5.70. The summed E-state index contributed by atoms with van der Waals surface area (Å²) in [6, 6.07) is 5.03. The Hall–Kier alpha value is -1.34. The molecule has 5 nitrogen and oxygen atoms in total. The van der Waals surface area contributed by atoms with E-state index in [1.165, 1.54) is 25.0 Å². The van der Waals surface area contributed by atoms with Crippen LogP contribution in [-0.2, 0) is 6.54 Å². The molecule has 0 atom stereocenters. The predicted molar refractivity (Wildman–Crippen MR) is 66.7 cm³/mol. The minimum absolute atomic E-state index is 0.295. The standard InChI is InChI=1S/C11H11BrFN5/c12-9-5-7(13)1-4-10(9)18-11(15-16-17-18)6-14-8-2-3-8/h1,4-5,8,14H,2-3,6H2. The van der Waals surface area contributed by atoms with E-state index in [4.69, 9.17) is 0 Å². The third kappa shape index (κ3) is 2.41. The summed E-state index contributed by atoms with van der Waals surface area (Å²) in [5, 5.41) is 14.9. The van der Waals surface area contributed by atoms with Gasteiger partial charge in [-0.25, -0.2) is 4.39 Å². The van der Waals surface area contributed by atoms with Crippen molar-refractivity contribution in [3.8, 4) is 5.69 Å². The van der Waals surface area contributed by atoms with Gasteiger partial charge in [0.05, 0.1) is 12.2 Å². The molecule has 1 aromatic heterocycles. The number of hydrogen-bond acceptors (Lipinski definition) is 4. The van der Waals surface area contributed by atoms with E-state index in [9.17, 15) is 4.39 Å². The molecule has 1 aliphatic rings. The number of tetrazole rings is 1. The van der Waals surface area contributed by atoms with Gasteiger partial charge < -0.3 is 5.32 Å². The molecule has 1 saturated carbocycles. The Kier molecular flexibility index (Phi) is 3.09. The van der Waals surface area contributed by atoms with E-state index < -0.39 is 0 Å². The molecular formula is C11H11BrFN5. The van der Waals surface area contributed by atoms with Crippen molar-refractivity contribution >= 4 is 15.9 Å². The maximum Gasteiger partial charge on any atom is 0.170 e. The molecule has 1 heterocycles. The van der Waals surface area contributed by atoms with Crippen LogP contribution in [0.25, 0.3) is 5.69 Å². The second kappa shape index (κ2) is 4.74. The lowest BCUT2D eigenvalue weighted by atomic mass is 10.3. The fourth-order valence-electron chi connectivity index (χ4n) is 1.68. The van der Waals surface area contributed by atoms with Crippen LogP contribution < -0.4 is 5.32 Å². The largest absolute Gasteiger partial charge is 0.307 e. The summed E-state index contributed by atoms with van der Waals surface area (Å²) in [6.07, 6.45) is 2.42. The summed E-state index contributed by atoms with van der Waals surface area (Å²) in [7, 11) is 0. The minimum Gasteiger partial charge on any atom is -0.307 e. The molecule has 1 aromatic carbocycles. The Morgan fingerprint density at radius 2 is 2.28 bits per heavy atom. The number of nitrogens with one attached hydrogen (secondary N) is 1. The van der Waals surface area contributed by atoms with Crippen molar-refractivity contribution in [1.82, 2.24) is 25.5 Å². The molecule has 3 rings (SSSR count). The van der Waals surface area contributed by atoms with E-state index in [-0.39, 0.29) is 5.82 Å². The minimum atomic E-state index is -0.295. The second-order valence-electron chi connectivity index (χ2n) is 4.26. The highest BCUT2D eigenvalue weighted by Crippen LogP contribution is 2.23. The van der Waals surface area contributed by atoms with E-state index in [1.54, 1.807) is 10.7 Å². The van der Waals surface area contributed by atoms with Gasteiger partial charge in [0.1, 0.15) is 5.82 Å². The third-order valence-corrected chi connectivity index (χ3v) is 3.43. The number of nitrogens with zero attached hydrogens (tertiary/aromatic N) is 4. The number of aromatic nitrogens is 4. The molecule has 0 saturated heterocycles. The number of benzene rings is 1. The fraction of sp³-hybridized carbons (Fsp3) is 0.364. The van der Waals surface area contributed by atoms with Gasteiger partial charge in [-0.2, -0.15) is 4.68 Å². The average molecular weight is 312 g/mol. The zero-order valence-corrected chi connectivity index (χ0v) is 11.1. The number of hydrogen-bond donors (Lipinski definition) is 1. The lowest BCUT2D eigenvalue weighted by Gasteiger charge is -2.07. The van der Waals surface area contributed by atoms with Gasteiger partial charge in [0, 0.05) is 10.5 Å². The van der Waals surface area contributed by atoms with E-state index in [0.717, 1.165) is 5.69 Å². The van der Waals surface area contributed by atoms with Crippen LogP contribution in [-0.4, -0.2) is 26.2 Å². The predicted octanol–water partition coefficient (Wildman–Crippen LogP) is 1.82. The second-order valence-corrected chi connectivity index (χ2v) is 5.11. The Labute approximate surface area is 112 Å². The van der Waals surface area contributed by atoms with E-state index >= 15 is 0 Å². The molecule has 0 bridgehead atoms. The fourth-order valence-corrected chi connectivity index (χ4v) is 2.20. The van der Waals surface area contributed by atoms with E-state index in [0.29, 0.717) is 22.9 Å². The summed E-state index contributed by atoms with van der Waals surface area (Å²) in [6.45, 7) is 0.613. The van der Waals surface area contributed by atoms with Crippen molar-refractivity contribution in [1.29, 1.82) is 0 Å². The van der Waals surface area contributed by atoms with Crippen molar-refractivity contribution in [2.24, 2.45) is 0 Å². The van der Waals surface area contributed by atoms with Crippen molar-refractivity contribution in [3.05, 3.63) is 34.3 Å². The monoisotopic (exact) mass is 311 g/mol. The van der Waals surface area contributed by atoms with Crippen molar-refractivity contribution in [2.75, 3.05) is 0 Å². The topological polar surface area (TPSA) is 55.6 Å². The third-order valence-electron chi connectivity index (χ3n) is 2.80. The van der Waals surface area contributed by atoms with Crippen molar-refractivity contribution in [3.63, 3.8) is 0 Å². The van der Waals surface area contributed by atoms with E-state index in [2.05, 4.69) is 36.8 Å². The van der Waals surface area contributed by atoms with Gasteiger partial charge >= 0.3 is 0 Å².